The molecule has 3 aliphatic heterocycles. The second-order valence-corrected chi connectivity index (χ2v) is 21.3. The first-order valence-electron chi connectivity index (χ1n) is 27.3. The molecule has 15 atom stereocenters. The van der Waals surface area contributed by atoms with Crippen molar-refractivity contribution in [3.8, 4) is 33.8 Å². The number of aliphatic hydroxyl groups is 8. The third-order valence-corrected chi connectivity index (χ3v) is 15.0. The van der Waals surface area contributed by atoms with E-state index in [1.807, 2.05) is 48.5 Å². The number of fused-ring (bicyclic) bond motifs is 2. The molecule has 7 amide bonds. The van der Waals surface area contributed by atoms with Crippen LogP contribution in [0.3, 0.4) is 0 Å². The van der Waals surface area contributed by atoms with Gasteiger partial charge in [0.2, 0.25) is 35.4 Å². The Labute approximate surface area is 473 Å². The van der Waals surface area contributed by atoms with E-state index in [9.17, 15) is 79.5 Å². The van der Waals surface area contributed by atoms with Gasteiger partial charge in [0.25, 0.3) is 5.91 Å². The van der Waals surface area contributed by atoms with E-state index in [0.29, 0.717) is 12.2 Å². The van der Waals surface area contributed by atoms with Gasteiger partial charge in [-0.2, -0.15) is 0 Å². The standard InChI is InChI=1S/C58H73N7O17/c1-5-6-7-24-82-40-22-18-35(19-23-40)33-10-8-32(9-11-33)34-12-14-37(15-13-34)51(74)59-41-26-43(70)54(77)63-56(79)47-48(71)29(2)27-65(47)58(81)45(31(4)67)61-55(78)46(50(73)49(72)36-16-20-38(68)21-17-36)62-53(76)42-25-39(69)28-64(42)57(80)44(30(3)66)60-52(41)75/h8-23,29-31,39,41-50,54,66-73,77H,5-7,24-28H2,1-4H3,(H,59,74)(H,60,75)(H,61,78)(H,62,76)(H,63,79)/t29-,30+,31+,39+,41-,42-,43+,44?,45-,46?,47-,48-,49-,50-,54+/m0/s1/i12+1,13+1,14+1,15+1,34+1,37+1. The lowest BCUT2D eigenvalue weighted by Gasteiger charge is -2.34. The summed E-state index contributed by atoms with van der Waals surface area (Å²) in [5, 5.41) is 111. The van der Waals surface area contributed by atoms with E-state index in [2.05, 4.69) is 33.5 Å². The van der Waals surface area contributed by atoms with Gasteiger partial charge in [-0.3, -0.25) is 33.6 Å². The number of hydrogen-bond donors (Lipinski definition) is 14. The van der Waals surface area contributed by atoms with Crippen LogP contribution >= 0.6 is 0 Å². The summed E-state index contributed by atoms with van der Waals surface area (Å²) in [5.74, 6) is -8.67. The fraction of sp³-hybridized carbons (Fsp3) is 0.466. The predicted octanol–water partition coefficient (Wildman–Crippen LogP) is -0.927. The molecule has 3 saturated heterocycles. The van der Waals surface area contributed by atoms with E-state index < -0.39 is 152 Å². The van der Waals surface area contributed by atoms with Crippen LogP contribution in [-0.4, -0.2) is 196 Å². The Bertz CT molecular complexity index is 2880. The molecule has 14 N–H and O–H groups in total. The molecule has 3 heterocycles. The highest BCUT2D eigenvalue weighted by molar-refractivity contribution is 6.00. The van der Waals surface area contributed by atoms with E-state index >= 15 is 0 Å². The molecule has 4 aromatic carbocycles. The topological polar surface area (TPSA) is 377 Å². The van der Waals surface area contributed by atoms with Crippen LogP contribution in [0.4, 0.5) is 0 Å². The molecule has 24 nitrogen and oxygen atoms in total. The summed E-state index contributed by atoms with van der Waals surface area (Å²) < 4.78 is 5.84. The molecule has 3 fully saturated rings. The highest BCUT2D eigenvalue weighted by atomic mass is 16.5. The molecule has 4 aromatic rings. The molecule has 82 heavy (non-hydrogen) atoms. The van der Waals surface area contributed by atoms with Crippen molar-refractivity contribution < 1.29 is 84.3 Å². The largest absolute Gasteiger partial charge is 0.508 e. The van der Waals surface area contributed by atoms with E-state index in [4.69, 9.17) is 4.74 Å². The number of nitrogens with zero attached hydrogens (tertiary/aromatic N) is 2. The van der Waals surface area contributed by atoms with Gasteiger partial charge >= 0.3 is 0 Å². The lowest BCUT2D eigenvalue weighted by atomic mass is 9.96. The maximum Gasteiger partial charge on any atom is 0.251 e. The third kappa shape index (κ3) is 14.7. The van der Waals surface area contributed by atoms with Crippen LogP contribution in [0.2, 0.25) is 0 Å². The van der Waals surface area contributed by atoms with Crippen LogP contribution in [-0.2, 0) is 28.8 Å². The van der Waals surface area contributed by atoms with Crippen molar-refractivity contribution in [3.63, 3.8) is 0 Å². The van der Waals surface area contributed by atoms with Crippen molar-refractivity contribution in [2.24, 2.45) is 5.92 Å². The van der Waals surface area contributed by atoms with Gasteiger partial charge < -0.3 is 87.1 Å². The molecule has 442 valence electrons. The number of unbranched alkanes of at least 4 members (excludes halogenated alkanes) is 2. The quantitative estimate of drug-likeness (QED) is 0.0679. The van der Waals surface area contributed by atoms with Gasteiger partial charge in [0.15, 0.2) is 6.23 Å². The highest BCUT2D eigenvalue weighted by Crippen LogP contribution is 2.30. The molecule has 0 spiro atoms. The Hall–Kier alpha value is -7.55. The zero-order valence-electron chi connectivity index (χ0n) is 45.7. The summed E-state index contributed by atoms with van der Waals surface area (Å²) in [6.07, 6.45) is -13.6. The number of carbonyl (C=O) groups excluding carboxylic acids is 7. The van der Waals surface area contributed by atoms with Gasteiger partial charge in [-0.1, -0.05) is 87.4 Å². The van der Waals surface area contributed by atoms with Crippen molar-refractivity contribution in [2.45, 2.75) is 145 Å². The Balaban J connectivity index is 1.18. The smallest absolute Gasteiger partial charge is 0.251 e. The van der Waals surface area contributed by atoms with Crippen molar-refractivity contribution in [1.29, 1.82) is 0 Å². The zero-order valence-corrected chi connectivity index (χ0v) is 45.7. The minimum atomic E-state index is -2.29. The lowest BCUT2D eigenvalue weighted by molar-refractivity contribution is -0.148. The number of phenols is 1. The molecule has 0 saturated carbocycles. The number of carbonyl (C=O) groups is 7. The Morgan fingerprint density at radius 1 is 0.634 bits per heavy atom. The van der Waals surface area contributed by atoms with Gasteiger partial charge in [0.1, 0.15) is 66.1 Å². The minimum absolute atomic E-state index is 0.00973. The summed E-state index contributed by atoms with van der Waals surface area (Å²) in [7, 11) is 0. The Kier molecular flexibility index (Phi) is 20.8. The van der Waals surface area contributed by atoms with E-state index in [0.717, 1.165) is 77.5 Å². The number of ether oxygens (including phenoxy) is 1. The van der Waals surface area contributed by atoms with Crippen LogP contribution in [0.25, 0.3) is 22.3 Å². The molecule has 2 unspecified atom stereocenters. The molecule has 3 aliphatic rings. The summed E-state index contributed by atoms with van der Waals surface area (Å²) in [4.78, 5) is 102. The van der Waals surface area contributed by atoms with Gasteiger partial charge in [0, 0.05) is 37.4 Å². The number of aromatic hydroxyl groups is 1. The monoisotopic (exact) mass is 1150 g/mol. The SMILES string of the molecule is CCCCCOc1ccc(-c2ccc(-[13c]3[13cH][13cH][13c](C(=O)N[C@H]4C[C@@H](O)[C@@H](O)NC(=O)[C@@H]5[C@@H](O)[C@@H](C)CN5C(=O)[C@H]([C@@H](C)O)NC(=O)C([C@H](O)[C@@H](O)c5ccc(O)cc5)NC(=O)[C@@H]5C[C@@H](O)CN5C(=O)C([C@@H](C)O)NC4=O)[13cH][13cH]3)cc2)cc1. The summed E-state index contributed by atoms with van der Waals surface area (Å²) in [6, 6.07) is 14.7. The van der Waals surface area contributed by atoms with Crippen LogP contribution in [0.5, 0.6) is 11.5 Å². The van der Waals surface area contributed by atoms with Gasteiger partial charge in [-0.05, 0) is 84.5 Å². The van der Waals surface area contributed by atoms with E-state index in [-0.39, 0.29) is 23.4 Å². The number of aliphatic hydroxyl groups excluding tert-OH is 8. The van der Waals surface area contributed by atoms with Crippen LogP contribution in [0, 0.1) is 5.92 Å². The number of phenolic OH excluding ortho intramolecular Hbond substituents is 1. The third-order valence-electron chi connectivity index (χ3n) is 15.0. The number of amides is 7. The molecule has 24 heteroatoms. The summed E-state index contributed by atoms with van der Waals surface area (Å²) in [6.45, 7) is 5.47. The van der Waals surface area contributed by atoms with E-state index in [1.165, 1.54) is 31.2 Å². The Morgan fingerprint density at radius 2 is 1.16 bits per heavy atom. The maximum absolute atomic E-state index is 14.5. The first kappa shape index (κ1) is 62.1. The maximum atomic E-state index is 14.5. The Morgan fingerprint density at radius 3 is 1.72 bits per heavy atom. The molecule has 0 radical (unpaired) electrons. The molecule has 7 rings (SSSR count). The van der Waals surface area contributed by atoms with Crippen molar-refractivity contribution >= 4 is 41.4 Å². The highest BCUT2D eigenvalue weighted by Gasteiger charge is 2.50. The normalized spacial score (nSPS) is 27.5. The average Bonchev–Trinajstić information content (AvgIpc) is 4.06. The van der Waals surface area contributed by atoms with Gasteiger partial charge in [-0.25, -0.2) is 0 Å². The summed E-state index contributed by atoms with van der Waals surface area (Å²) in [5.41, 5.74) is 3.37. The first-order valence-corrected chi connectivity index (χ1v) is 27.3. The molecule has 0 bridgehead atoms. The van der Waals surface area contributed by atoms with Gasteiger partial charge in [0.05, 0.1) is 31.0 Å². The van der Waals surface area contributed by atoms with Crippen LogP contribution in [0.15, 0.2) is 97.1 Å². The van der Waals surface area contributed by atoms with Crippen LogP contribution < -0.4 is 31.3 Å². The van der Waals surface area contributed by atoms with Crippen molar-refractivity contribution in [1.82, 2.24) is 36.4 Å². The fourth-order valence-corrected chi connectivity index (χ4v) is 10.2. The number of nitrogens with one attached hydrogen (secondary N) is 5. The second kappa shape index (κ2) is 27.5. The molecular weight excluding hydrogens is 1070 g/mol. The van der Waals surface area contributed by atoms with Gasteiger partial charge in [-0.15, -0.1) is 0 Å². The first-order chi connectivity index (χ1) is 39.0. The fourth-order valence-electron chi connectivity index (χ4n) is 10.2. The molecule has 0 aliphatic carbocycles. The van der Waals surface area contributed by atoms with Crippen molar-refractivity contribution in [2.75, 3.05) is 19.7 Å². The number of benzene rings is 4. The second-order valence-electron chi connectivity index (χ2n) is 21.3. The summed E-state index contributed by atoms with van der Waals surface area (Å²) >= 11 is 0. The average molecular weight is 1150 g/mol. The lowest BCUT2D eigenvalue weighted by Crippen LogP contribution is -2.64. The minimum Gasteiger partial charge on any atom is -0.508 e. The van der Waals surface area contributed by atoms with Crippen LogP contribution in [0.1, 0.15) is 81.8 Å². The zero-order chi connectivity index (χ0) is 59.7. The predicted molar refractivity (Wildman–Crippen MR) is 293 cm³/mol. The number of hydrogen-bond acceptors (Lipinski definition) is 17. The number of rotatable bonds is 14. The van der Waals surface area contributed by atoms with Crippen molar-refractivity contribution in [3.05, 3.63) is 108 Å². The van der Waals surface area contributed by atoms with E-state index in [1.54, 1.807) is 12.1 Å². The molecule has 0 aromatic heterocycles. The molecular formula is C58H73N7O17.